The maximum atomic E-state index is 12.7. The monoisotopic (exact) mass is 366 g/mol. The molecule has 0 amide bonds. The largest absolute Gasteiger partial charge is 0.468 e. The van der Waals surface area contributed by atoms with Crippen LogP contribution in [0, 0.1) is 0 Å². The van der Waals surface area contributed by atoms with E-state index < -0.39 is 11.7 Å². The smallest absolute Gasteiger partial charge is 0.333 e. The van der Waals surface area contributed by atoms with Crippen LogP contribution in [0.5, 0.6) is 0 Å². The zero-order valence-electron chi connectivity index (χ0n) is 14.5. The molecule has 0 atom stereocenters. The lowest BCUT2D eigenvalue weighted by molar-refractivity contribution is -0.141. The highest BCUT2D eigenvalue weighted by molar-refractivity contribution is 7.22. The minimum absolute atomic E-state index is 0.251. The van der Waals surface area contributed by atoms with Gasteiger partial charge < -0.3 is 9.64 Å². The van der Waals surface area contributed by atoms with Gasteiger partial charge in [-0.25, -0.2) is 9.78 Å². The van der Waals surface area contributed by atoms with Crippen molar-refractivity contribution in [1.82, 2.24) is 14.1 Å². The van der Waals surface area contributed by atoms with E-state index in [4.69, 9.17) is 4.74 Å². The number of anilines is 1. The quantitative estimate of drug-likeness (QED) is 0.739. The van der Waals surface area contributed by atoms with Gasteiger partial charge in [-0.3, -0.25) is 18.7 Å². The molecule has 0 bridgehead atoms. The summed E-state index contributed by atoms with van der Waals surface area (Å²) < 4.78 is 7.54. The molecule has 25 heavy (non-hydrogen) atoms. The van der Waals surface area contributed by atoms with Crippen LogP contribution in [0.25, 0.3) is 10.3 Å². The second kappa shape index (κ2) is 7.38. The molecule has 0 spiro atoms. The predicted molar refractivity (Wildman–Crippen MR) is 96.5 cm³/mol. The number of piperidine rings is 1. The molecule has 1 aliphatic rings. The number of hydrogen-bond donors (Lipinski definition) is 0. The first-order chi connectivity index (χ1) is 12.1. The summed E-state index contributed by atoms with van der Waals surface area (Å²) in [6, 6.07) is 0. The molecule has 1 aliphatic heterocycles. The number of ether oxygens (including phenoxy) is 1. The van der Waals surface area contributed by atoms with Crippen LogP contribution >= 0.6 is 11.3 Å². The molecule has 3 rings (SSSR count). The highest BCUT2D eigenvalue weighted by Crippen LogP contribution is 2.28. The lowest BCUT2D eigenvalue weighted by Gasteiger charge is -2.25. The molecule has 136 valence electrons. The van der Waals surface area contributed by atoms with Gasteiger partial charge in [0.2, 0.25) is 0 Å². The average molecular weight is 366 g/mol. The Bertz CT molecular complexity index is 892. The number of fused-ring (bicyclic) bond motifs is 1. The van der Waals surface area contributed by atoms with Gasteiger partial charge in [-0.15, -0.1) is 0 Å². The van der Waals surface area contributed by atoms with E-state index in [0.29, 0.717) is 17.7 Å². The van der Waals surface area contributed by atoms with Crippen molar-refractivity contribution in [2.24, 2.45) is 0 Å². The fraction of sp³-hybridized carbons (Fsp3) is 0.625. The first-order valence-corrected chi connectivity index (χ1v) is 9.34. The van der Waals surface area contributed by atoms with Crippen LogP contribution in [0.3, 0.4) is 0 Å². The van der Waals surface area contributed by atoms with Gasteiger partial charge in [-0.2, -0.15) is 0 Å². The van der Waals surface area contributed by atoms with Crippen LogP contribution in [-0.2, 0) is 22.6 Å². The second-order valence-electron chi connectivity index (χ2n) is 6.10. The Morgan fingerprint density at radius 3 is 2.56 bits per heavy atom. The topological polar surface area (TPSA) is 86.4 Å². The minimum atomic E-state index is -0.544. The zero-order chi connectivity index (χ0) is 18.0. The third-order valence-corrected chi connectivity index (χ3v) is 5.44. The molecule has 0 aromatic carbocycles. The number of hydrogen-bond acceptors (Lipinski definition) is 7. The summed E-state index contributed by atoms with van der Waals surface area (Å²) >= 11 is 1.30. The lowest BCUT2D eigenvalue weighted by Crippen LogP contribution is -2.41. The lowest BCUT2D eigenvalue weighted by atomic mass is 10.1. The van der Waals surface area contributed by atoms with Gasteiger partial charge in [-0.05, 0) is 25.7 Å². The fourth-order valence-electron chi connectivity index (χ4n) is 3.05. The maximum absolute atomic E-state index is 12.7. The van der Waals surface area contributed by atoms with Gasteiger partial charge in [0.05, 0.1) is 7.11 Å². The van der Waals surface area contributed by atoms with Crippen LogP contribution in [0.1, 0.15) is 32.6 Å². The Morgan fingerprint density at radius 1 is 1.20 bits per heavy atom. The van der Waals surface area contributed by atoms with Crippen LogP contribution in [0.2, 0.25) is 0 Å². The molecule has 2 aromatic heterocycles. The standard InChI is InChI=1S/C16H22N4O4S/c1-3-7-19-14(22)12-13(20(16(19)23)10-11(21)24-2)17-15(25-12)18-8-5-4-6-9-18/h3-10H2,1-2H3. The SMILES string of the molecule is CCCn1c(=O)c2sc(N3CCCCC3)nc2n(CC(=O)OC)c1=O. The molecule has 1 fully saturated rings. The number of methoxy groups -OCH3 is 1. The van der Waals surface area contributed by atoms with Gasteiger partial charge in [0.25, 0.3) is 5.56 Å². The molecular formula is C16H22N4O4S. The Hall–Kier alpha value is -2.16. The predicted octanol–water partition coefficient (Wildman–Crippen LogP) is 1.19. The molecule has 0 N–H and O–H groups in total. The van der Waals surface area contributed by atoms with Gasteiger partial charge in [0.1, 0.15) is 11.2 Å². The highest BCUT2D eigenvalue weighted by atomic mass is 32.1. The molecule has 3 heterocycles. The summed E-state index contributed by atoms with van der Waals surface area (Å²) in [5.74, 6) is -0.544. The first-order valence-electron chi connectivity index (χ1n) is 8.52. The minimum Gasteiger partial charge on any atom is -0.468 e. The third kappa shape index (κ3) is 3.33. The molecule has 0 unspecified atom stereocenters. The van der Waals surface area contributed by atoms with E-state index in [0.717, 1.165) is 31.1 Å². The number of esters is 1. The number of aromatic nitrogens is 3. The van der Waals surface area contributed by atoms with Crippen LogP contribution < -0.4 is 16.1 Å². The van der Waals surface area contributed by atoms with Crippen molar-refractivity contribution in [1.29, 1.82) is 0 Å². The second-order valence-corrected chi connectivity index (χ2v) is 7.08. The molecule has 0 radical (unpaired) electrons. The summed E-state index contributed by atoms with van der Waals surface area (Å²) in [6.07, 6.45) is 4.02. The molecule has 2 aromatic rings. The van der Waals surface area contributed by atoms with Gasteiger partial charge in [0, 0.05) is 19.6 Å². The molecular weight excluding hydrogens is 344 g/mol. The van der Waals surface area contributed by atoms with Crippen molar-refractivity contribution < 1.29 is 9.53 Å². The van der Waals surface area contributed by atoms with Gasteiger partial charge in [0.15, 0.2) is 10.8 Å². The summed E-state index contributed by atoms with van der Waals surface area (Å²) in [7, 11) is 1.27. The van der Waals surface area contributed by atoms with Crippen molar-refractivity contribution in [2.45, 2.75) is 45.7 Å². The number of carbonyl (C=O) groups excluding carboxylic acids is 1. The van der Waals surface area contributed by atoms with E-state index >= 15 is 0 Å². The van der Waals surface area contributed by atoms with Gasteiger partial charge >= 0.3 is 11.7 Å². The van der Waals surface area contributed by atoms with E-state index in [1.54, 1.807) is 0 Å². The molecule has 0 saturated carbocycles. The van der Waals surface area contributed by atoms with E-state index in [9.17, 15) is 14.4 Å². The van der Waals surface area contributed by atoms with Crippen LogP contribution in [-0.4, -0.2) is 40.3 Å². The number of carbonyl (C=O) groups is 1. The molecule has 9 heteroatoms. The normalized spacial score (nSPS) is 14.9. The van der Waals surface area contributed by atoms with Gasteiger partial charge in [-0.1, -0.05) is 18.3 Å². The van der Waals surface area contributed by atoms with Crippen molar-refractivity contribution >= 4 is 32.8 Å². The van der Waals surface area contributed by atoms with Crippen LogP contribution in [0.15, 0.2) is 9.59 Å². The van der Waals surface area contributed by atoms with Crippen molar-refractivity contribution in [3.63, 3.8) is 0 Å². The van der Waals surface area contributed by atoms with Crippen molar-refractivity contribution in [2.75, 3.05) is 25.1 Å². The number of nitrogens with zero attached hydrogens (tertiary/aromatic N) is 4. The Labute approximate surface area is 148 Å². The molecule has 1 saturated heterocycles. The summed E-state index contributed by atoms with van der Waals surface area (Å²) in [5, 5.41) is 0.735. The van der Waals surface area contributed by atoms with E-state index in [2.05, 4.69) is 9.88 Å². The molecule has 8 nitrogen and oxygen atoms in total. The van der Waals surface area contributed by atoms with Crippen LogP contribution in [0.4, 0.5) is 5.13 Å². The van der Waals surface area contributed by atoms with Crippen molar-refractivity contribution in [3.05, 3.63) is 20.8 Å². The van der Waals surface area contributed by atoms with E-state index in [1.807, 2.05) is 6.92 Å². The number of thiazole rings is 1. The Balaban J connectivity index is 2.19. The summed E-state index contributed by atoms with van der Waals surface area (Å²) in [4.78, 5) is 43.8. The third-order valence-electron chi connectivity index (χ3n) is 4.34. The number of rotatable bonds is 5. The fourth-order valence-corrected chi connectivity index (χ4v) is 4.12. The molecule has 0 aliphatic carbocycles. The summed E-state index contributed by atoms with van der Waals surface area (Å²) in [6.45, 7) is 3.74. The highest BCUT2D eigenvalue weighted by Gasteiger charge is 2.22. The Morgan fingerprint density at radius 2 is 1.92 bits per heavy atom. The Kier molecular flexibility index (Phi) is 5.22. The van der Waals surface area contributed by atoms with E-state index in [1.165, 1.54) is 34.0 Å². The first kappa shape index (κ1) is 17.7. The van der Waals surface area contributed by atoms with Crippen molar-refractivity contribution in [3.8, 4) is 0 Å². The summed E-state index contributed by atoms with van der Waals surface area (Å²) in [5.41, 5.74) is -0.567. The van der Waals surface area contributed by atoms with E-state index in [-0.39, 0.29) is 17.8 Å². The zero-order valence-corrected chi connectivity index (χ0v) is 15.3. The average Bonchev–Trinajstić information content (AvgIpc) is 3.08. The maximum Gasteiger partial charge on any atom is 0.333 e.